The molecule has 332 valence electrons. The van der Waals surface area contributed by atoms with Gasteiger partial charge in [0.15, 0.2) is 5.82 Å². The Morgan fingerprint density at radius 1 is 0.781 bits per heavy atom. The maximum Gasteiger partial charge on any atom is 0.255 e. The van der Waals surface area contributed by atoms with Gasteiger partial charge >= 0.3 is 0 Å². The monoisotopic (exact) mass is 868 g/mol. The molecule has 3 aromatic heterocycles. The predicted octanol–water partition coefficient (Wildman–Crippen LogP) is 5.53. The van der Waals surface area contributed by atoms with Crippen molar-refractivity contribution in [3.05, 3.63) is 88.8 Å². The van der Waals surface area contributed by atoms with Crippen molar-refractivity contribution in [2.75, 3.05) is 56.6 Å². The number of halogens is 1. The average Bonchev–Trinajstić information content (AvgIpc) is 3.77. The van der Waals surface area contributed by atoms with Crippen LogP contribution in [0.2, 0.25) is 0 Å². The molecule has 0 radical (unpaired) electrons. The lowest BCUT2D eigenvalue weighted by molar-refractivity contribution is -0.137. The summed E-state index contributed by atoms with van der Waals surface area (Å²) in [4.78, 5) is 69.1. The number of rotatable bonds is 9. The Bertz CT molecular complexity index is 2690. The molecule has 0 spiro atoms. The molecule has 0 saturated carbocycles. The normalized spacial score (nSPS) is 20.1. The van der Waals surface area contributed by atoms with Gasteiger partial charge in [-0.2, -0.15) is 5.10 Å². The Hall–Kier alpha value is -6.42. The first kappa shape index (κ1) is 41.6. The Balaban J connectivity index is 0.708. The second-order valence-electron chi connectivity index (χ2n) is 18.1. The number of fused-ring (bicyclic) bond motifs is 3. The second-order valence-corrected chi connectivity index (χ2v) is 18.1. The molecule has 5 aromatic rings. The number of anilines is 3. The first-order valence-electron chi connectivity index (χ1n) is 22.5. The van der Waals surface area contributed by atoms with E-state index < -0.39 is 11.9 Å². The first-order valence-corrected chi connectivity index (χ1v) is 22.5. The summed E-state index contributed by atoms with van der Waals surface area (Å²) in [5, 5.41) is 12.0. The maximum absolute atomic E-state index is 15.2. The molecular weight excluding hydrogens is 816 g/mol. The number of aryl methyl sites for hydroxylation is 2. The molecule has 15 nitrogen and oxygen atoms in total. The summed E-state index contributed by atoms with van der Waals surface area (Å²) in [7, 11) is 1.61. The van der Waals surface area contributed by atoms with Crippen LogP contribution < -0.4 is 20.3 Å². The quantitative estimate of drug-likeness (QED) is 0.180. The van der Waals surface area contributed by atoms with Crippen LogP contribution in [0.15, 0.2) is 54.9 Å². The lowest BCUT2D eigenvalue weighted by Gasteiger charge is -2.41. The van der Waals surface area contributed by atoms with E-state index >= 15 is 4.39 Å². The number of benzene rings is 2. The molecule has 3 fully saturated rings. The minimum absolute atomic E-state index is 0.0899. The van der Waals surface area contributed by atoms with E-state index in [1.165, 1.54) is 6.07 Å². The van der Waals surface area contributed by atoms with Crippen LogP contribution in [0.4, 0.5) is 21.7 Å². The number of carbonyl (C=O) groups is 4. The van der Waals surface area contributed by atoms with Crippen LogP contribution in [0, 0.1) is 25.6 Å². The van der Waals surface area contributed by atoms with Gasteiger partial charge in [0.1, 0.15) is 30.0 Å². The van der Waals surface area contributed by atoms with Crippen LogP contribution in [-0.4, -0.2) is 117 Å². The number of nitrogens with one attached hydrogen (secondary N) is 2. The molecule has 8 heterocycles. The summed E-state index contributed by atoms with van der Waals surface area (Å²) in [6.07, 6.45) is 8.57. The number of hydrogen-bond acceptors (Lipinski definition) is 11. The van der Waals surface area contributed by atoms with Crippen LogP contribution in [0.1, 0.15) is 71.4 Å². The van der Waals surface area contributed by atoms with Gasteiger partial charge < -0.3 is 29.7 Å². The topological polar surface area (TPSA) is 158 Å². The molecule has 5 aliphatic heterocycles. The number of ether oxygens (including phenoxy) is 1. The third kappa shape index (κ3) is 8.03. The highest BCUT2D eigenvalue weighted by molar-refractivity contribution is 6.06. The number of pyridine rings is 2. The van der Waals surface area contributed by atoms with Crippen molar-refractivity contribution in [2.24, 2.45) is 5.92 Å². The van der Waals surface area contributed by atoms with E-state index in [9.17, 15) is 19.2 Å². The van der Waals surface area contributed by atoms with Gasteiger partial charge in [-0.3, -0.25) is 34.2 Å². The summed E-state index contributed by atoms with van der Waals surface area (Å²) in [5.74, 6) is 1.25. The average molecular weight is 869 g/mol. The highest BCUT2D eigenvalue weighted by atomic mass is 19.1. The van der Waals surface area contributed by atoms with Gasteiger partial charge in [0.25, 0.3) is 5.91 Å². The summed E-state index contributed by atoms with van der Waals surface area (Å²) < 4.78 is 22.8. The van der Waals surface area contributed by atoms with Gasteiger partial charge in [-0.25, -0.2) is 9.37 Å². The zero-order valence-electron chi connectivity index (χ0n) is 36.5. The molecule has 4 amide bonds. The molecule has 0 aliphatic carbocycles. The number of amides is 4. The van der Waals surface area contributed by atoms with E-state index in [-0.39, 0.29) is 49.1 Å². The molecule has 2 N–H and O–H groups in total. The van der Waals surface area contributed by atoms with Gasteiger partial charge in [0, 0.05) is 122 Å². The van der Waals surface area contributed by atoms with Gasteiger partial charge in [-0.05, 0) is 93.2 Å². The number of hydrogen-bond donors (Lipinski definition) is 2. The fourth-order valence-electron chi connectivity index (χ4n) is 10.5. The minimum Gasteiger partial charge on any atom is -0.496 e. The number of likely N-dealkylation sites (tertiary alicyclic amines) is 1. The number of aromatic nitrogens is 4. The van der Waals surface area contributed by atoms with Gasteiger partial charge in [0.05, 0.1) is 19.2 Å². The SMILES string of the molecule is COc1cc(N2CCC(CN3CCC(N4CCc5cc(Nc6cc7cc(-c8cnc(C)cc8C)c(F)cc7cn6)nn5CC4=O)CC3)CC2)cc2c1CN(C1CCC(=O)NC1=O)C2=O. The number of nitrogens with zero attached hydrogens (tertiary/aromatic N) is 8. The molecule has 0 bridgehead atoms. The van der Waals surface area contributed by atoms with E-state index in [4.69, 9.17) is 9.84 Å². The molecule has 3 saturated heterocycles. The predicted molar refractivity (Wildman–Crippen MR) is 239 cm³/mol. The minimum atomic E-state index is -0.667. The largest absolute Gasteiger partial charge is 0.496 e. The highest BCUT2D eigenvalue weighted by Gasteiger charge is 2.41. The van der Waals surface area contributed by atoms with E-state index in [0.717, 1.165) is 97.6 Å². The van der Waals surface area contributed by atoms with Crippen molar-refractivity contribution in [1.82, 2.24) is 39.8 Å². The summed E-state index contributed by atoms with van der Waals surface area (Å²) in [6.45, 7) is 9.68. The summed E-state index contributed by atoms with van der Waals surface area (Å²) in [6, 6.07) is 12.7. The molecular formula is C48H53FN10O5. The molecule has 5 aliphatic rings. The molecule has 64 heavy (non-hydrogen) atoms. The van der Waals surface area contributed by atoms with E-state index in [1.807, 2.05) is 50.2 Å². The van der Waals surface area contributed by atoms with Gasteiger partial charge in [-0.15, -0.1) is 0 Å². The fraction of sp³-hybridized carbons (Fsp3) is 0.438. The fourth-order valence-corrected chi connectivity index (χ4v) is 10.5. The van der Waals surface area contributed by atoms with E-state index in [0.29, 0.717) is 59.2 Å². The Kier molecular flexibility index (Phi) is 11.0. The van der Waals surface area contributed by atoms with Crippen LogP contribution in [0.3, 0.4) is 0 Å². The lowest BCUT2D eigenvalue weighted by Crippen LogP contribution is -2.52. The van der Waals surface area contributed by atoms with Gasteiger partial charge in [-0.1, -0.05) is 0 Å². The third-order valence-corrected chi connectivity index (χ3v) is 14.0. The Morgan fingerprint density at radius 3 is 2.36 bits per heavy atom. The van der Waals surface area contributed by atoms with Crippen molar-refractivity contribution in [3.63, 3.8) is 0 Å². The summed E-state index contributed by atoms with van der Waals surface area (Å²) in [5.41, 5.74) is 6.39. The second kappa shape index (κ2) is 16.9. The van der Waals surface area contributed by atoms with Crippen molar-refractivity contribution < 1.29 is 28.3 Å². The molecule has 1 atom stereocenters. The molecule has 1 unspecified atom stereocenters. The van der Waals surface area contributed by atoms with Crippen LogP contribution in [-0.2, 0) is 33.9 Å². The smallest absolute Gasteiger partial charge is 0.255 e. The van der Waals surface area contributed by atoms with E-state index in [2.05, 4.69) is 35.3 Å². The Morgan fingerprint density at radius 2 is 1.59 bits per heavy atom. The molecule has 16 heteroatoms. The van der Waals surface area contributed by atoms with E-state index in [1.54, 1.807) is 29.1 Å². The van der Waals surface area contributed by atoms with Crippen molar-refractivity contribution in [3.8, 4) is 16.9 Å². The van der Waals surface area contributed by atoms with Gasteiger partial charge in [0.2, 0.25) is 17.7 Å². The Labute approximate surface area is 370 Å². The number of methoxy groups -OCH3 is 1. The standard InChI is InChI=1S/C48H53FN10O5/c1-28-16-29(2)50-24-38(28)36-17-31-19-43(51-23-32(31)18-40(36)49)52-44-22-34-10-15-57(46(61)27-59(34)54-44)33-8-11-55(12-9-33)25-30-6-13-56(14-7-30)35-20-37-39(42(21-35)64-3)26-58(48(37)63)41-4-5-45(60)53-47(41)62/h16-24,30,33,41H,4-15,25-27H2,1-3H3,(H,51,52,54)(H,53,60,62). The zero-order valence-corrected chi connectivity index (χ0v) is 36.5. The van der Waals surface area contributed by atoms with Crippen molar-refractivity contribution in [1.29, 1.82) is 0 Å². The maximum atomic E-state index is 15.2. The first-order chi connectivity index (χ1) is 31.0. The molecule has 2 aromatic carbocycles. The summed E-state index contributed by atoms with van der Waals surface area (Å²) >= 11 is 0. The molecule has 10 rings (SSSR count). The zero-order chi connectivity index (χ0) is 44.2. The van der Waals surface area contributed by atoms with Crippen LogP contribution in [0.25, 0.3) is 21.9 Å². The van der Waals surface area contributed by atoms with Crippen molar-refractivity contribution >= 4 is 51.7 Å². The number of carbonyl (C=O) groups excluding carboxylic acids is 4. The van der Waals surface area contributed by atoms with Crippen LogP contribution in [0.5, 0.6) is 5.75 Å². The number of piperidine rings is 3. The number of imide groups is 1. The van der Waals surface area contributed by atoms with Crippen molar-refractivity contribution in [2.45, 2.75) is 84.0 Å². The lowest BCUT2D eigenvalue weighted by atomic mass is 9.93. The third-order valence-electron chi connectivity index (χ3n) is 14.0. The highest BCUT2D eigenvalue weighted by Crippen LogP contribution is 2.39. The van der Waals surface area contributed by atoms with Crippen LogP contribution >= 0.6 is 0 Å².